The number of likely N-dealkylation sites (tertiary alicyclic amines) is 1. The summed E-state index contributed by atoms with van der Waals surface area (Å²) in [5, 5.41) is 0.789. The van der Waals surface area contributed by atoms with Gasteiger partial charge in [-0.2, -0.15) is 0 Å². The summed E-state index contributed by atoms with van der Waals surface area (Å²) in [6.07, 6.45) is 4.38. The zero-order valence-corrected chi connectivity index (χ0v) is 13.7. The van der Waals surface area contributed by atoms with Crippen LogP contribution < -0.4 is 0 Å². The molecule has 2 nitrogen and oxygen atoms in total. The molecule has 1 aliphatic rings. The number of alkyl halides is 1. The number of halogens is 3. The molecule has 0 aliphatic carbocycles. The minimum absolute atomic E-state index is 0.0155. The Labute approximate surface area is 129 Å². The van der Waals surface area contributed by atoms with E-state index in [9.17, 15) is 9.18 Å². The first kappa shape index (κ1) is 15.0. The number of carbonyl (C=O) groups is 1. The van der Waals surface area contributed by atoms with E-state index in [1.54, 1.807) is 6.07 Å². The lowest BCUT2D eigenvalue weighted by Gasteiger charge is -2.29. The van der Waals surface area contributed by atoms with Crippen molar-refractivity contribution in [3.05, 3.63) is 34.1 Å². The summed E-state index contributed by atoms with van der Waals surface area (Å²) in [6.45, 7) is 0.777. The van der Waals surface area contributed by atoms with Gasteiger partial charge in [-0.15, -0.1) is 0 Å². The smallest absolute Gasteiger partial charge is 0.255 e. The Morgan fingerprint density at radius 2 is 2.16 bits per heavy atom. The molecule has 1 unspecified atom stereocenters. The number of benzene rings is 1. The normalized spacial score (nSPS) is 20.2. The first-order chi connectivity index (χ1) is 9.13. The largest absolute Gasteiger partial charge is 0.335 e. The van der Waals surface area contributed by atoms with Crippen molar-refractivity contribution in [2.45, 2.75) is 31.7 Å². The molecule has 1 saturated heterocycles. The van der Waals surface area contributed by atoms with Gasteiger partial charge in [-0.3, -0.25) is 4.79 Å². The Morgan fingerprint density at radius 1 is 1.37 bits per heavy atom. The van der Waals surface area contributed by atoms with E-state index in [0.29, 0.717) is 10.0 Å². The fourth-order valence-electron chi connectivity index (χ4n) is 2.42. The minimum Gasteiger partial charge on any atom is -0.335 e. The Balaban J connectivity index is 2.25. The minimum atomic E-state index is -0.337. The van der Waals surface area contributed by atoms with Crippen LogP contribution in [0.3, 0.4) is 0 Å². The average Bonchev–Trinajstić information content (AvgIpc) is 2.63. The fraction of sp³-hybridized carbons (Fsp3) is 0.500. The molecule has 0 radical (unpaired) electrons. The standard InChI is InChI=1S/C14H16Br2FNO/c15-9-11-4-2-1-3-7-18(11)14(19)12-6-5-10(17)8-13(12)16/h5-6,8,11H,1-4,7,9H2. The van der Waals surface area contributed by atoms with E-state index in [1.165, 1.54) is 12.1 Å². The van der Waals surface area contributed by atoms with Gasteiger partial charge in [-0.25, -0.2) is 4.39 Å². The van der Waals surface area contributed by atoms with E-state index in [4.69, 9.17) is 0 Å². The van der Waals surface area contributed by atoms with Crippen molar-refractivity contribution in [2.75, 3.05) is 11.9 Å². The highest BCUT2D eigenvalue weighted by atomic mass is 79.9. The molecule has 2 rings (SSSR count). The van der Waals surface area contributed by atoms with Crippen molar-refractivity contribution < 1.29 is 9.18 Å². The van der Waals surface area contributed by atoms with E-state index in [0.717, 1.165) is 37.6 Å². The van der Waals surface area contributed by atoms with Gasteiger partial charge in [0.2, 0.25) is 0 Å². The van der Waals surface area contributed by atoms with Crippen LogP contribution in [-0.4, -0.2) is 28.7 Å². The van der Waals surface area contributed by atoms with Gasteiger partial charge in [0.15, 0.2) is 0 Å². The number of carbonyl (C=O) groups excluding carboxylic acids is 1. The second-order valence-electron chi connectivity index (χ2n) is 4.78. The summed E-state index contributed by atoms with van der Waals surface area (Å²) in [5.74, 6) is -0.352. The molecule has 1 fully saturated rings. The summed E-state index contributed by atoms with van der Waals surface area (Å²) in [6, 6.07) is 4.46. The van der Waals surface area contributed by atoms with E-state index in [2.05, 4.69) is 31.9 Å². The van der Waals surface area contributed by atoms with E-state index in [-0.39, 0.29) is 17.8 Å². The van der Waals surface area contributed by atoms with Crippen molar-refractivity contribution in [3.8, 4) is 0 Å². The van der Waals surface area contributed by atoms with Crippen LogP contribution in [0.2, 0.25) is 0 Å². The maximum absolute atomic E-state index is 13.1. The summed E-state index contributed by atoms with van der Waals surface area (Å²) >= 11 is 6.77. The van der Waals surface area contributed by atoms with Crippen LogP contribution in [-0.2, 0) is 0 Å². The molecule has 1 aliphatic heterocycles. The van der Waals surface area contributed by atoms with Gasteiger partial charge in [0.25, 0.3) is 5.91 Å². The van der Waals surface area contributed by atoms with E-state index in [1.807, 2.05) is 4.90 Å². The summed E-state index contributed by atoms with van der Waals surface area (Å²) in [7, 11) is 0. The average molecular weight is 393 g/mol. The molecule has 1 amide bonds. The molecule has 0 bridgehead atoms. The lowest BCUT2D eigenvalue weighted by molar-refractivity contribution is 0.0701. The Morgan fingerprint density at radius 3 is 2.84 bits per heavy atom. The SMILES string of the molecule is O=C(c1ccc(F)cc1Br)N1CCCCCC1CBr. The highest BCUT2D eigenvalue weighted by Crippen LogP contribution is 2.24. The van der Waals surface area contributed by atoms with E-state index >= 15 is 0 Å². The predicted octanol–water partition coefficient (Wildman–Crippen LogP) is 4.37. The third-order valence-corrected chi connectivity index (χ3v) is 4.88. The van der Waals surface area contributed by atoms with Gasteiger partial charge in [0.05, 0.1) is 5.56 Å². The highest BCUT2D eigenvalue weighted by molar-refractivity contribution is 9.10. The number of amides is 1. The molecule has 1 aromatic carbocycles. The lowest BCUT2D eigenvalue weighted by atomic mass is 10.1. The van der Waals surface area contributed by atoms with Crippen LogP contribution >= 0.6 is 31.9 Å². The van der Waals surface area contributed by atoms with Gasteiger partial charge in [-0.05, 0) is 47.0 Å². The Kier molecular flexibility index (Phi) is 5.39. The highest BCUT2D eigenvalue weighted by Gasteiger charge is 2.26. The summed E-state index contributed by atoms with van der Waals surface area (Å²) < 4.78 is 13.6. The maximum atomic E-state index is 13.1. The molecule has 0 spiro atoms. The molecular weight excluding hydrogens is 377 g/mol. The number of hydrogen-bond acceptors (Lipinski definition) is 1. The van der Waals surface area contributed by atoms with Crippen molar-refractivity contribution in [3.63, 3.8) is 0 Å². The topological polar surface area (TPSA) is 20.3 Å². The molecule has 0 aromatic heterocycles. The Bertz CT molecular complexity index is 467. The van der Waals surface area contributed by atoms with Gasteiger partial charge in [0, 0.05) is 22.4 Å². The van der Waals surface area contributed by atoms with Crippen molar-refractivity contribution in [1.29, 1.82) is 0 Å². The number of hydrogen-bond donors (Lipinski definition) is 0. The van der Waals surface area contributed by atoms with Gasteiger partial charge < -0.3 is 4.90 Å². The zero-order chi connectivity index (χ0) is 13.8. The zero-order valence-electron chi connectivity index (χ0n) is 10.5. The summed E-state index contributed by atoms with van der Waals surface area (Å²) in [5.41, 5.74) is 0.536. The van der Waals surface area contributed by atoms with Crippen LogP contribution in [0.5, 0.6) is 0 Å². The molecule has 0 saturated carbocycles. The van der Waals surface area contributed by atoms with Gasteiger partial charge in [0.1, 0.15) is 5.82 Å². The molecule has 5 heteroatoms. The second kappa shape index (κ2) is 6.84. The number of nitrogens with zero attached hydrogens (tertiary/aromatic N) is 1. The molecular formula is C14H16Br2FNO. The second-order valence-corrected chi connectivity index (χ2v) is 6.28. The van der Waals surface area contributed by atoms with Gasteiger partial charge in [-0.1, -0.05) is 28.8 Å². The third-order valence-electron chi connectivity index (χ3n) is 3.48. The van der Waals surface area contributed by atoms with Crippen LogP contribution in [0, 0.1) is 5.82 Å². The third kappa shape index (κ3) is 3.57. The van der Waals surface area contributed by atoms with Crippen LogP contribution in [0.1, 0.15) is 36.0 Å². The molecule has 1 heterocycles. The molecule has 1 atom stereocenters. The molecule has 19 heavy (non-hydrogen) atoms. The van der Waals surface area contributed by atoms with Crippen LogP contribution in [0.4, 0.5) is 4.39 Å². The van der Waals surface area contributed by atoms with Crippen molar-refractivity contribution in [1.82, 2.24) is 4.90 Å². The quantitative estimate of drug-likeness (QED) is 0.684. The molecule has 1 aromatic rings. The molecule has 104 valence electrons. The van der Waals surface area contributed by atoms with Gasteiger partial charge >= 0.3 is 0 Å². The van der Waals surface area contributed by atoms with Crippen molar-refractivity contribution >= 4 is 37.8 Å². The maximum Gasteiger partial charge on any atom is 0.255 e. The van der Waals surface area contributed by atoms with Crippen molar-refractivity contribution in [2.24, 2.45) is 0 Å². The lowest BCUT2D eigenvalue weighted by Crippen LogP contribution is -2.41. The monoisotopic (exact) mass is 391 g/mol. The molecule has 0 N–H and O–H groups in total. The summed E-state index contributed by atoms with van der Waals surface area (Å²) in [4.78, 5) is 14.5. The first-order valence-corrected chi connectivity index (χ1v) is 8.37. The predicted molar refractivity (Wildman–Crippen MR) is 81.2 cm³/mol. The number of rotatable bonds is 2. The fourth-order valence-corrected chi connectivity index (χ4v) is 3.62. The van der Waals surface area contributed by atoms with Crippen LogP contribution in [0.25, 0.3) is 0 Å². The van der Waals surface area contributed by atoms with Crippen LogP contribution in [0.15, 0.2) is 22.7 Å². The first-order valence-electron chi connectivity index (χ1n) is 6.45. The Hall–Kier alpha value is -0.420. The van der Waals surface area contributed by atoms with E-state index < -0.39 is 0 Å².